The van der Waals surface area contributed by atoms with Gasteiger partial charge >= 0.3 is 7.82 Å². The van der Waals surface area contributed by atoms with Crippen LogP contribution >= 0.6 is 7.82 Å². The smallest absolute Gasteiger partial charge is 0.402 e. The minimum absolute atomic E-state index is 0.245. The monoisotopic (exact) mass is 345 g/mol. The maximum absolute atomic E-state index is 12.7. The molecule has 0 N–H and O–H groups in total. The molecule has 3 aromatic rings. The van der Waals surface area contributed by atoms with E-state index in [0.29, 0.717) is 5.75 Å². The van der Waals surface area contributed by atoms with Gasteiger partial charge in [-0.15, -0.1) is 0 Å². The highest BCUT2D eigenvalue weighted by Crippen LogP contribution is 2.51. The van der Waals surface area contributed by atoms with E-state index in [9.17, 15) is 4.57 Å². The van der Waals surface area contributed by atoms with E-state index in [1.165, 1.54) is 0 Å². The summed E-state index contributed by atoms with van der Waals surface area (Å²) in [5.41, 5.74) is 2.79. The van der Waals surface area contributed by atoms with Gasteiger partial charge in [0.1, 0.15) is 0 Å². The van der Waals surface area contributed by atoms with Gasteiger partial charge in [-0.3, -0.25) is 9.05 Å². The Morgan fingerprint density at radius 2 is 1.62 bits per heavy atom. The van der Waals surface area contributed by atoms with Gasteiger partial charge in [0.2, 0.25) is 0 Å². The fourth-order valence-electron chi connectivity index (χ4n) is 2.55. The van der Waals surface area contributed by atoms with Crippen molar-refractivity contribution < 1.29 is 18.1 Å². The molecule has 126 valence electrons. The first-order valence-electron chi connectivity index (χ1n) is 7.91. The number of phosphoric acid groups is 1. The van der Waals surface area contributed by atoms with Crippen LogP contribution in [0, 0.1) is 0 Å². The van der Waals surface area contributed by atoms with Crippen LogP contribution in [0.2, 0.25) is 0 Å². The van der Waals surface area contributed by atoms with E-state index in [4.69, 9.17) is 13.6 Å². The minimum Gasteiger partial charge on any atom is -0.402 e. The number of benzene rings is 1. The van der Waals surface area contributed by atoms with Gasteiger partial charge in [0.25, 0.3) is 0 Å². The van der Waals surface area contributed by atoms with Crippen LogP contribution < -0.4 is 4.52 Å². The fourth-order valence-corrected chi connectivity index (χ4v) is 3.75. The van der Waals surface area contributed by atoms with Gasteiger partial charge in [-0.2, -0.15) is 0 Å². The molecular formula is C18H20NO4P. The Morgan fingerprint density at radius 3 is 2.29 bits per heavy atom. The van der Waals surface area contributed by atoms with Crippen LogP contribution in [0.5, 0.6) is 5.75 Å². The van der Waals surface area contributed by atoms with E-state index in [1.807, 2.05) is 65.2 Å². The lowest BCUT2D eigenvalue weighted by atomic mass is 10.1. The van der Waals surface area contributed by atoms with Crippen LogP contribution in [0.3, 0.4) is 0 Å². The van der Waals surface area contributed by atoms with E-state index in [-0.39, 0.29) is 13.2 Å². The lowest BCUT2D eigenvalue weighted by Crippen LogP contribution is -2.02. The van der Waals surface area contributed by atoms with Crippen LogP contribution in [-0.2, 0) is 13.6 Å². The number of fused-ring (bicyclic) bond motifs is 1. The zero-order chi connectivity index (χ0) is 17.0. The second-order valence-corrected chi connectivity index (χ2v) is 6.68. The average Bonchev–Trinajstić information content (AvgIpc) is 2.95. The molecular weight excluding hydrogens is 325 g/mol. The molecule has 0 saturated carbocycles. The van der Waals surface area contributed by atoms with Crippen molar-refractivity contribution in [1.29, 1.82) is 0 Å². The molecule has 2 aromatic heterocycles. The molecule has 2 heterocycles. The van der Waals surface area contributed by atoms with Crippen LogP contribution in [-0.4, -0.2) is 17.6 Å². The first-order chi connectivity index (χ1) is 11.7. The topological polar surface area (TPSA) is 49.2 Å². The molecule has 6 heteroatoms. The molecule has 0 aliphatic rings. The lowest BCUT2D eigenvalue weighted by Gasteiger charge is -2.16. The summed E-state index contributed by atoms with van der Waals surface area (Å²) < 4.78 is 30.9. The Kier molecular flexibility index (Phi) is 5.05. The molecule has 24 heavy (non-hydrogen) atoms. The van der Waals surface area contributed by atoms with Crippen molar-refractivity contribution in [2.75, 3.05) is 13.2 Å². The summed E-state index contributed by atoms with van der Waals surface area (Å²) in [7, 11) is -3.64. The maximum Gasteiger partial charge on any atom is 0.530 e. The van der Waals surface area contributed by atoms with E-state index < -0.39 is 7.82 Å². The fraction of sp³-hybridized carbons (Fsp3) is 0.222. The van der Waals surface area contributed by atoms with E-state index >= 15 is 0 Å². The van der Waals surface area contributed by atoms with E-state index in [2.05, 4.69) is 0 Å². The Hall–Kier alpha value is -2.07. The normalized spacial score (nSPS) is 11.8. The van der Waals surface area contributed by atoms with E-state index in [0.717, 1.165) is 16.8 Å². The summed E-state index contributed by atoms with van der Waals surface area (Å²) in [4.78, 5) is 0. The summed E-state index contributed by atoms with van der Waals surface area (Å²) in [6.45, 7) is 3.99. The molecule has 0 saturated heterocycles. The van der Waals surface area contributed by atoms with Crippen LogP contribution in [0.25, 0.3) is 16.8 Å². The Balaban J connectivity index is 2.08. The van der Waals surface area contributed by atoms with Crippen molar-refractivity contribution in [2.24, 2.45) is 0 Å². The van der Waals surface area contributed by atoms with Crippen LogP contribution in [0.15, 0.2) is 60.8 Å². The van der Waals surface area contributed by atoms with Gasteiger partial charge in [-0.25, -0.2) is 4.57 Å². The second kappa shape index (κ2) is 7.22. The summed E-state index contributed by atoms with van der Waals surface area (Å²) in [6.07, 6.45) is 1.94. The molecule has 1 aromatic carbocycles. The van der Waals surface area contributed by atoms with Crippen molar-refractivity contribution in [1.82, 2.24) is 4.40 Å². The molecule has 0 atom stereocenters. The number of hydrogen-bond acceptors (Lipinski definition) is 4. The Morgan fingerprint density at radius 1 is 0.958 bits per heavy atom. The summed E-state index contributed by atoms with van der Waals surface area (Å²) >= 11 is 0. The molecule has 0 bridgehead atoms. The molecule has 0 aliphatic carbocycles. The van der Waals surface area contributed by atoms with Crippen LogP contribution in [0.4, 0.5) is 0 Å². The first kappa shape index (κ1) is 16.8. The third-order valence-corrected chi connectivity index (χ3v) is 5.06. The Labute approximate surface area is 141 Å². The molecule has 5 nitrogen and oxygen atoms in total. The predicted octanol–water partition coefficient (Wildman–Crippen LogP) is 5.17. The summed E-state index contributed by atoms with van der Waals surface area (Å²) in [5, 5.41) is 0. The van der Waals surface area contributed by atoms with Gasteiger partial charge in [-0.05, 0) is 31.5 Å². The molecule has 0 fully saturated rings. The number of phosphoric ester groups is 1. The molecule has 0 unspecified atom stereocenters. The quantitative estimate of drug-likeness (QED) is 0.555. The van der Waals surface area contributed by atoms with Gasteiger partial charge < -0.3 is 8.92 Å². The molecule has 0 amide bonds. The van der Waals surface area contributed by atoms with Crippen molar-refractivity contribution >= 4 is 13.3 Å². The molecule has 0 radical (unpaired) electrons. The second-order valence-electron chi connectivity index (χ2n) is 5.09. The lowest BCUT2D eigenvalue weighted by molar-refractivity contribution is 0.168. The highest BCUT2D eigenvalue weighted by Gasteiger charge is 2.29. The third kappa shape index (κ3) is 3.39. The highest BCUT2D eigenvalue weighted by atomic mass is 31.2. The summed E-state index contributed by atoms with van der Waals surface area (Å²) in [6, 6.07) is 17.6. The number of rotatable bonds is 7. The zero-order valence-corrected chi connectivity index (χ0v) is 14.6. The average molecular weight is 345 g/mol. The molecule has 3 rings (SSSR count). The van der Waals surface area contributed by atoms with Crippen molar-refractivity contribution in [3.05, 3.63) is 60.8 Å². The minimum atomic E-state index is -3.64. The zero-order valence-electron chi connectivity index (χ0n) is 13.7. The first-order valence-corrected chi connectivity index (χ1v) is 9.37. The Bertz CT molecular complexity index is 850. The van der Waals surface area contributed by atoms with Gasteiger partial charge in [0.15, 0.2) is 5.75 Å². The maximum atomic E-state index is 12.7. The van der Waals surface area contributed by atoms with Crippen molar-refractivity contribution in [2.45, 2.75) is 13.8 Å². The summed E-state index contributed by atoms with van der Waals surface area (Å²) in [5.74, 6) is 0.472. The number of pyridine rings is 1. The predicted molar refractivity (Wildman–Crippen MR) is 94.3 cm³/mol. The number of nitrogens with zero attached hydrogens (tertiary/aromatic N) is 1. The van der Waals surface area contributed by atoms with Gasteiger partial charge in [0, 0.05) is 12.3 Å². The molecule has 0 aliphatic heterocycles. The van der Waals surface area contributed by atoms with Gasteiger partial charge in [0.05, 0.1) is 24.4 Å². The number of hydrogen-bond donors (Lipinski definition) is 0. The van der Waals surface area contributed by atoms with Crippen LogP contribution in [0.1, 0.15) is 13.8 Å². The van der Waals surface area contributed by atoms with Gasteiger partial charge in [-0.1, -0.05) is 36.4 Å². The SMILES string of the molecule is CCOP(=O)(OCC)Oc1cc(-c2ccccc2)n2ccccc12. The number of aromatic nitrogens is 1. The standard InChI is InChI=1S/C18H20NO4P/c1-3-21-24(20,22-4-2)23-18-14-17(15-10-6-5-7-11-15)19-13-9-8-12-16(18)19/h5-14H,3-4H2,1-2H3. The highest BCUT2D eigenvalue weighted by molar-refractivity contribution is 7.48. The van der Waals surface area contributed by atoms with E-state index in [1.54, 1.807) is 13.8 Å². The largest absolute Gasteiger partial charge is 0.530 e. The third-order valence-electron chi connectivity index (χ3n) is 3.49. The van der Waals surface area contributed by atoms with Crippen molar-refractivity contribution in [3.8, 4) is 17.0 Å². The van der Waals surface area contributed by atoms with Crippen molar-refractivity contribution in [3.63, 3.8) is 0 Å². The molecule has 0 spiro atoms.